The molecule has 184 valence electrons. The number of aromatic nitrogens is 2. The van der Waals surface area contributed by atoms with Crippen LogP contribution in [0, 0.1) is 0 Å². The van der Waals surface area contributed by atoms with Crippen molar-refractivity contribution >= 4 is 23.4 Å². The number of methoxy groups -OCH3 is 1. The third-order valence-electron chi connectivity index (χ3n) is 5.85. The molecule has 0 saturated heterocycles. The van der Waals surface area contributed by atoms with Crippen LogP contribution in [0.15, 0.2) is 54.7 Å². The number of nitrogens with one attached hydrogen (secondary N) is 4. The molecule has 2 aromatic carbocycles. The molecule has 35 heavy (non-hydrogen) atoms. The topological polar surface area (TPSA) is 143 Å². The lowest BCUT2D eigenvalue weighted by Crippen LogP contribution is -2.39. The van der Waals surface area contributed by atoms with E-state index in [2.05, 4.69) is 26.1 Å². The molecule has 2 heterocycles. The molecular formula is C25H30N6O4. The average molecular weight is 479 g/mol. The van der Waals surface area contributed by atoms with E-state index in [0.29, 0.717) is 23.6 Å². The third kappa shape index (κ3) is 6.37. The maximum absolute atomic E-state index is 13.1. The maximum atomic E-state index is 13.1. The molecule has 0 fully saturated rings. The summed E-state index contributed by atoms with van der Waals surface area (Å²) in [6.07, 6.45) is 4.07. The van der Waals surface area contributed by atoms with Crippen molar-refractivity contribution in [2.45, 2.75) is 44.4 Å². The minimum Gasteiger partial charge on any atom is -0.453 e. The number of aromatic amines is 1. The van der Waals surface area contributed by atoms with E-state index in [1.54, 1.807) is 18.3 Å². The first kappa shape index (κ1) is 24.2. The van der Waals surface area contributed by atoms with E-state index in [1.165, 1.54) is 7.11 Å². The molecular weight excluding hydrogens is 448 g/mol. The Morgan fingerprint density at radius 2 is 1.94 bits per heavy atom. The predicted molar refractivity (Wildman–Crippen MR) is 132 cm³/mol. The third-order valence-corrected chi connectivity index (χ3v) is 5.85. The Bertz CT molecular complexity index is 1150. The molecule has 1 aliphatic rings. The standard InChI is InChI=1S/C25H30N6O4/c1-34-25(33)28-17-11-12-18-21(13-17)29-20(24(32)31-35-15-16-7-3-2-4-8-16)10-6-5-9-19(26)23-27-14-22(18)30-23/h2-4,7-8,11-14,19-20,29H,5-6,9-10,15,26H2,1H3,(H,27,30)(H,28,33)(H,31,32)/t19-,20+/m0/s1. The second-order valence-electron chi connectivity index (χ2n) is 8.39. The molecule has 2 amide bonds. The van der Waals surface area contributed by atoms with Crippen LogP contribution in [0.4, 0.5) is 16.2 Å². The molecule has 0 unspecified atom stereocenters. The molecule has 2 atom stereocenters. The number of hydroxylamine groups is 1. The van der Waals surface area contributed by atoms with Crippen LogP contribution in [-0.2, 0) is 21.0 Å². The highest BCUT2D eigenvalue weighted by Crippen LogP contribution is 2.32. The van der Waals surface area contributed by atoms with Crippen LogP contribution < -0.4 is 21.8 Å². The number of amides is 2. The monoisotopic (exact) mass is 478 g/mol. The van der Waals surface area contributed by atoms with Gasteiger partial charge in [0.25, 0.3) is 5.91 Å². The van der Waals surface area contributed by atoms with Gasteiger partial charge in [-0.2, -0.15) is 0 Å². The number of nitrogens with two attached hydrogens (primary N) is 1. The number of carbonyl (C=O) groups is 2. The Labute approximate surface area is 203 Å². The number of fused-ring (bicyclic) bond motifs is 4. The number of ether oxygens (including phenoxy) is 1. The van der Waals surface area contributed by atoms with Gasteiger partial charge in [-0.15, -0.1) is 0 Å². The normalized spacial score (nSPS) is 17.7. The van der Waals surface area contributed by atoms with Crippen LogP contribution >= 0.6 is 0 Å². The number of benzene rings is 2. The second kappa shape index (κ2) is 11.5. The highest BCUT2D eigenvalue weighted by atomic mass is 16.6. The molecule has 0 spiro atoms. The molecule has 0 saturated carbocycles. The Hall–Kier alpha value is -3.89. The van der Waals surface area contributed by atoms with Gasteiger partial charge in [0.1, 0.15) is 11.9 Å². The summed E-state index contributed by atoms with van der Waals surface area (Å²) >= 11 is 0. The number of imidazole rings is 1. The van der Waals surface area contributed by atoms with Gasteiger partial charge in [0.05, 0.1) is 31.6 Å². The molecule has 10 heteroatoms. The Morgan fingerprint density at radius 3 is 2.74 bits per heavy atom. The molecule has 6 N–H and O–H groups in total. The van der Waals surface area contributed by atoms with Gasteiger partial charge < -0.3 is 20.8 Å². The van der Waals surface area contributed by atoms with E-state index in [1.807, 2.05) is 36.4 Å². The summed E-state index contributed by atoms with van der Waals surface area (Å²) < 4.78 is 4.70. The van der Waals surface area contributed by atoms with Crippen molar-refractivity contribution in [2.24, 2.45) is 5.73 Å². The van der Waals surface area contributed by atoms with E-state index >= 15 is 0 Å². The Morgan fingerprint density at radius 1 is 1.14 bits per heavy atom. The zero-order valence-corrected chi connectivity index (χ0v) is 19.5. The summed E-state index contributed by atoms with van der Waals surface area (Å²) in [7, 11) is 1.30. The van der Waals surface area contributed by atoms with Crippen molar-refractivity contribution in [3.63, 3.8) is 0 Å². The smallest absolute Gasteiger partial charge is 0.411 e. The van der Waals surface area contributed by atoms with E-state index in [9.17, 15) is 9.59 Å². The predicted octanol–water partition coefficient (Wildman–Crippen LogP) is 3.86. The number of hydrogen-bond acceptors (Lipinski definition) is 7. The molecule has 10 nitrogen and oxygen atoms in total. The fourth-order valence-corrected chi connectivity index (χ4v) is 3.95. The number of H-pyrrole nitrogens is 1. The summed E-state index contributed by atoms with van der Waals surface area (Å²) in [5.41, 5.74) is 12.6. The van der Waals surface area contributed by atoms with Crippen molar-refractivity contribution in [1.29, 1.82) is 0 Å². The number of hydrogen-bond donors (Lipinski definition) is 5. The SMILES string of the molecule is COC(=O)Nc1ccc2c(c1)N[C@@H](C(=O)NOCc1ccccc1)CCCC[C@H](N)c1ncc-2[nH]1. The summed E-state index contributed by atoms with van der Waals surface area (Å²) in [6.45, 7) is 0.259. The van der Waals surface area contributed by atoms with Crippen LogP contribution in [0.3, 0.4) is 0 Å². The van der Waals surface area contributed by atoms with Crippen LogP contribution in [0.2, 0.25) is 0 Å². The van der Waals surface area contributed by atoms with Crippen molar-refractivity contribution in [2.75, 3.05) is 17.7 Å². The van der Waals surface area contributed by atoms with Gasteiger partial charge >= 0.3 is 6.09 Å². The van der Waals surface area contributed by atoms with E-state index in [4.69, 9.17) is 15.3 Å². The van der Waals surface area contributed by atoms with Gasteiger partial charge in [0.2, 0.25) is 0 Å². The molecule has 1 aromatic heterocycles. The largest absolute Gasteiger partial charge is 0.453 e. The van der Waals surface area contributed by atoms with Crippen LogP contribution in [-0.4, -0.2) is 35.1 Å². The average Bonchev–Trinajstić information content (AvgIpc) is 3.36. The molecule has 1 aliphatic heterocycles. The summed E-state index contributed by atoms with van der Waals surface area (Å²) in [6, 6.07) is 14.1. The van der Waals surface area contributed by atoms with Crippen LogP contribution in [0.5, 0.6) is 0 Å². The molecule has 3 aromatic rings. The molecule has 0 radical (unpaired) electrons. The van der Waals surface area contributed by atoms with Gasteiger partial charge in [-0.25, -0.2) is 15.3 Å². The van der Waals surface area contributed by atoms with Crippen molar-refractivity contribution < 1.29 is 19.2 Å². The number of anilines is 2. The summed E-state index contributed by atoms with van der Waals surface area (Å²) in [5.74, 6) is 0.428. The molecule has 4 rings (SSSR count). The first-order chi connectivity index (χ1) is 17.0. The van der Waals surface area contributed by atoms with Gasteiger partial charge in [0, 0.05) is 16.9 Å². The number of nitrogens with zero attached hydrogens (tertiary/aromatic N) is 1. The highest BCUT2D eigenvalue weighted by Gasteiger charge is 2.23. The van der Waals surface area contributed by atoms with E-state index in [-0.39, 0.29) is 18.6 Å². The summed E-state index contributed by atoms with van der Waals surface area (Å²) in [4.78, 5) is 38.0. The Balaban J connectivity index is 1.58. The van der Waals surface area contributed by atoms with Crippen molar-refractivity contribution in [1.82, 2.24) is 15.4 Å². The Kier molecular flexibility index (Phi) is 7.96. The lowest BCUT2D eigenvalue weighted by molar-refractivity contribution is -0.135. The number of rotatable bonds is 5. The van der Waals surface area contributed by atoms with Gasteiger partial charge in [-0.05, 0) is 36.6 Å². The van der Waals surface area contributed by atoms with Gasteiger partial charge in [0.15, 0.2) is 0 Å². The first-order valence-electron chi connectivity index (χ1n) is 11.6. The first-order valence-corrected chi connectivity index (χ1v) is 11.6. The minimum absolute atomic E-state index is 0.221. The quantitative estimate of drug-likeness (QED) is 0.350. The fourth-order valence-electron chi connectivity index (χ4n) is 3.95. The van der Waals surface area contributed by atoms with Crippen molar-refractivity contribution in [3.05, 3.63) is 66.1 Å². The van der Waals surface area contributed by atoms with Crippen LogP contribution in [0.1, 0.15) is 43.1 Å². The van der Waals surface area contributed by atoms with Crippen LogP contribution in [0.25, 0.3) is 11.3 Å². The highest BCUT2D eigenvalue weighted by molar-refractivity contribution is 5.90. The van der Waals surface area contributed by atoms with E-state index < -0.39 is 12.1 Å². The maximum Gasteiger partial charge on any atom is 0.411 e. The zero-order chi connectivity index (χ0) is 24.6. The molecule has 2 bridgehead atoms. The zero-order valence-electron chi connectivity index (χ0n) is 19.5. The van der Waals surface area contributed by atoms with Crippen molar-refractivity contribution in [3.8, 4) is 11.3 Å². The lowest BCUT2D eigenvalue weighted by Gasteiger charge is -2.22. The minimum atomic E-state index is -0.587. The summed E-state index contributed by atoms with van der Waals surface area (Å²) in [5, 5.41) is 6.00. The molecule has 0 aliphatic carbocycles. The fraction of sp³-hybridized carbons (Fsp3) is 0.320. The number of carbonyl (C=O) groups excluding carboxylic acids is 2. The van der Waals surface area contributed by atoms with Gasteiger partial charge in [-0.1, -0.05) is 43.2 Å². The lowest BCUT2D eigenvalue weighted by atomic mass is 10.0. The van der Waals surface area contributed by atoms with Gasteiger partial charge in [-0.3, -0.25) is 14.9 Å². The second-order valence-corrected chi connectivity index (χ2v) is 8.39. The van der Waals surface area contributed by atoms with E-state index in [0.717, 1.165) is 36.1 Å².